The molecule has 0 saturated carbocycles. The summed E-state index contributed by atoms with van der Waals surface area (Å²) in [5.41, 5.74) is 7.46. The lowest BCUT2D eigenvalue weighted by Crippen LogP contribution is -2.40. The van der Waals surface area contributed by atoms with Crippen LogP contribution >= 0.6 is 11.3 Å². The van der Waals surface area contributed by atoms with E-state index >= 15 is 0 Å². The molecule has 1 aliphatic carbocycles. The molecule has 41 heavy (non-hydrogen) atoms. The van der Waals surface area contributed by atoms with Crippen LogP contribution in [0.5, 0.6) is 0 Å². The van der Waals surface area contributed by atoms with Gasteiger partial charge in [-0.05, 0) is 88.4 Å². The number of piperidine rings is 1. The van der Waals surface area contributed by atoms with E-state index in [4.69, 9.17) is 14.5 Å². The molecule has 4 heterocycles. The van der Waals surface area contributed by atoms with Gasteiger partial charge in [0, 0.05) is 35.0 Å². The number of carbonyl (C=O) groups excluding carboxylic acids is 1. The first kappa shape index (κ1) is 25.7. The van der Waals surface area contributed by atoms with Gasteiger partial charge in [0.15, 0.2) is 0 Å². The van der Waals surface area contributed by atoms with Crippen LogP contribution in [0.2, 0.25) is 0 Å². The molecule has 0 radical (unpaired) electrons. The van der Waals surface area contributed by atoms with Gasteiger partial charge in [0.2, 0.25) is 5.91 Å². The van der Waals surface area contributed by atoms with Gasteiger partial charge in [-0.1, -0.05) is 11.2 Å². The van der Waals surface area contributed by atoms with Gasteiger partial charge in [0.1, 0.15) is 11.6 Å². The van der Waals surface area contributed by atoms with Crippen LogP contribution in [0.1, 0.15) is 76.2 Å². The van der Waals surface area contributed by atoms with E-state index in [1.54, 1.807) is 23.5 Å². The third-order valence-electron chi connectivity index (χ3n) is 8.45. The number of benzene rings is 2. The number of amides is 1. The van der Waals surface area contributed by atoms with Gasteiger partial charge in [-0.3, -0.25) is 4.79 Å². The van der Waals surface area contributed by atoms with Crippen LogP contribution in [0.4, 0.5) is 5.69 Å². The van der Waals surface area contributed by atoms with E-state index in [1.165, 1.54) is 10.6 Å². The number of aryl methyl sites for hydroxylation is 4. The lowest BCUT2D eigenvalue weighted by atomic mass is 9.95. The summed E-state index contributed by atoms with van der Waals surface area (Å²) < 4.78 is 7.87. The number of aromatic nitrogens is 4. The number of rotatable bonds is 4. The van der Waals surface area contributed by atoms with Gasteiger partial charge >= 0.3 is 0 Å². The Labute approximate surface area is 242 Å². The fourth-order valence-electron chi connectivity index (χ4n) is 6.63. The first-order valence-electron chi connectivity index (χ1n) is 14.1. The number of nitrogens with zero attached hydrogens (tertiary/aromatic N) is 6. The third kappa shape index (κ3) is 4.34. The summed E-state index contributed by atoms with van der Waals surface area (Å²) in [5.74, 6) is 1.79. The van der Waals surface area contributed by atoms with Crippen molar-refractivity contribution < 1.29 is 9.32 Å². The lowest BCUT2D eigenvalue weighted by Gasteiger charge is -2.37. The molecule has 1 aliphatic heterocycles. The molecule has 9 heteroatoms. The smallest absolute Gasteiger partial charge is 0.227 e. The zero-order chi connectivity index (χ0) is 28.2. The van der Waals surface area contributed by atoms with Crippen LogP contribution in [0, 0.1) is 32.1 Å². The topological polar surface area (TPSA) is 101 Å². The fraction of sp³-hybridized carbons (Fsp3) is 0.344. The second-order valence-corrected chi connectivity index (χ2v) is 12.4. The number of hydrogen-bond acceptors (Lipinski definition) is 7. The van der Waals surface area contributed by atoms with Crippen LogP contribution in [0.3, 0.4) is 0 Å². The highest BCUT2D eigenvalue weighted by Gasteiger charge is 2.36. The number of carbonyl (C=O) groups is 1. The molecule has 2 atom stereocenters. The molecule has 7 rings (SSSR count). The molecule has 0 bridgehead atoms. The standard InChI is InChI=1S/C32H30N6O2S/c1-18-31(19(2)40-36-18)22-9-14-27-26(15-22)35-32(38(27)24-12-13-25-29(16-24)41-20(3)34-25)28-5-4-6-30(39)37(28)23-10-7-21(17-33)8-11-23/h7-11,14-15,24,28H,4-6,12-13,16H2,1-3H3/t24-,28+/m1/s1. The number of imidazole rings is 1. The van der Waals surface area contributed by atoms with Crippen molar-refractivity contribution in [3.05, 3.63) is 80.9 Å². The Balaban J connectivity index is 1.39. The Morgan fingerprint density at radius 1 is 1.05 bits per heavy atom. The molecule has 3 aromatic heterocycles. The van der Waals surface area contributed by atoms with E-state index in [0.717, 1.165) is 82.2 Å². The van der Waals surface area contributed by atoms with E-state index in [-0.39, 0.29) is 18.0 Å². The van der Waals surface area contributed by atoms with Crippen LogP contribution < -0.4 is 4.90 Å². The largest absolute Gasteiger partial charge is 0.361 e. The van der Waals surface area contributed by atoms with E-state index in [1.807, 2.05) is 30.9 Å². The zero-order valence-corrected chi connectivity index (χ0v) is 24.2. The molecule has 206 valence electrons. The number of thiazole rings is 1. The Hall–Kier alpha value is -4.29. The van der Waals surface area contributed by atoms with E-state index in [0.29, 0.717) is 12.0 Å². The van der Waals surface area contributed by atoms with Crippen molar-refractivity contribution in [2.24, 2.45) is 0 Å². The predicted molar refractivity (Wildman–Crippen MR) is 158 cm³/mol. The summed E-state index contributed by atoms with van der Waals surface area (Å²) in [5, 5.41) is 14.6. The molecule has 1 fully saturated rings. The molecule has 0 spiro atoms. The molecule has 8 nitrogen and oxygen atoms in total. The van der Waals surface area contributed by atoms with Crippen LogP contribution in [-0.4, -0.2) is 25.6 Å². The van der Waals surface area contributed by atoms with Gasteiger partial charge in [0.05, 0.1) is 45.1 Å². The van der Waals surface area contributed by atoms with Gasteiger partial charge in [-0.2, -0.15) is 5.26 Å². The van der Waals surface area contributed by atoms with Crippen molar-refractivity contribution in [3.8, 4) is 17.2 Å². The maximum absolute atomic E-state index is 13.5. The molecule has 0 unspecified atom stereocenters. The second kappa shape index (κ2) is 9.96. The average molecular weight is 563 g/mol. The van der Waals surface area contributed by atoms with Gasteiger partial charge in [-0.25, -0.2) is 9.97 Å². The highest BCUT2D eigenvalue weighted by Crippen LogP contribution is 2.42. The molecule has 2 aromatic carbocycles. The van der Waals surface area contributed by atoms with Crippen molar-refractivity contribution in [2.45, 2.75) is 71.4 Å². The minimum atomic E-state index is -0.205. The summed E-state index contributed by atoms with van der Waals surface area (Å²) >= 11 is 1.79. The van der Waals surface area contributed by atoms with Crippen LogP contribution in [0.15, 0.2) is 47.0 Å². The normalized spacial score (nSPS) is 19.0. The number of hydrogen-bond donors (Lipinski definition) is 0. The minimum Gasteiger partial charge on any atom is -0.361 e. The highest BCUT2D eigenvalue weighted by molar-refractivity contribution is 7.11. The number of fused-ring (bicyclic) bond motifs is 2. The Morgan fingerprint density at radius 2 is 1.88 bits per heavy atom. The monoisotopic (exact) mass is 562 g/mol. The molecule has 0 N–H and O–H groups in total. The van der Waals surface area contributed by atoms with Crippen molar-refractivity contribution in [2.75, 3.05) is 4.90 Å². The third-order valence-corrected chi connectivity index (χ3v) is 9.48. The summed E-state index contributed by atoms with van der Waals surface area (Å²) in [6.07, 6.45) is 4.94. The minimum absolute atomic E-state index is 0.0879. The Morgan fingerprint density at radius 3 is 2.63 bits per heavy atom. The van der Waals surface area contributed by atoms with Crippen molar-refractivity contribution in [1.29, 1.82) is 5.26 Å². The highest BCUT2D eigenvalue weighted by atomic mass is 32.1. The molecule has 5 aromatic rings. The first-order valence-corrected chi connectivity index (χ1v) is 15.0. The summed E-state index contributed by atoms with van der Waals surface area (Å²) in [6, 6.07) is 15.9. The lowest BCUT2D eigenvalue weighted by molar-refractivity contribution is -0.120. The van der Waals surface area contributed by atoms with Gasteiger partial charge in [0.25, 0.3) is 0 Å². The average Bonchev–Trinajstić information content (AvgIpc) is 3.65. The summed E-state index contributed by atoms with van der Waals surface area (Å²) in [6.45, 7) is 5.97. The maximum atomic E-state index is 13.5. The van der Waals surface area contributed by atoms with Gasteiger partial charge < -0.3 is 14.0 Å². The molecular formula is C32H30N6O2S. The molecule has 2 aliphatic rings. The van der Waals surface area contributed by atoms with Crippen LogP contribution in [0.25, 0.3) is 22.2 Å². The van der Waals surface area contributed by atoms with Crippen molar-refractivity contribution >= 4 is 34.0 Å². The fourth-order valence-corrected chi connectivity index (χ4v) is 7.68. The molecule has 1 amide bonds. The number of anilines is 1. The maximum Gasteiger partial charge on any atom is 0.227 e. The summed E-state index contributed by atoms with van der Waals surface area (Å²) in [4.78, 5) is 26.8. The molecule has 1 saturated heterocycles. The Kier molecular flexibility index (Phi) is 6.24. The van der Waals surface area contributed by atoms with E-state index in [2.05, 4.69) is 40.9 Å². The van der Waals surface area contributed by atoms with Crippen molar-refractivity contribution in [1.82, 2.24) is 19.7 Å². The Bertz CT molecular complexity index is 1820. The van der Waals surface area contributed by atoms with Crippen LogP contribution in [-0.2, 0) is 17.6 Å². The van der Waals surface area contributed by atoms with Crippen molar-refractivity contribution in [3.63, 3.8) is 0 Å². The zero-order valence-electron chi connectivity index (χ0n) is 23.3. The SMILES string of the molecule is Cc1nc2c(s1)C[C@H](n1c([C@@H]3CCCC(=O)N3c3ccc(C#N)cc3)nc3cc(-c4c(C)noc4C)ccc31)CC2. The summed E-state index contributed by atoms with van der Waals surface area (Å²) in [7, 11) is 0. The van der Waals surface area contributed by atoms with E-state index in [9.17, 15) is 10.1 Å². The predicted octanol–water partition coefficient (Wildman–Crippen LogP) is 6.93. The number of nitriles is 1. The quantitative estimate of drug-likeness (QED) is 0.235. The molecular weight excluding hydrogens is 532 g/mol. The van der Waals surface area contributed by atoms with Gasteiger partial charge in [-0.15, -0.1) is 11.3 Å². The first-order chi connectivity index (χ1) is 19.9. The second-order valence-electron chi connectivity index (χ2n) is 11.1. The van der Waals surface area contributed by atoms with E-state index < -0.39 is 0 Å².